The molecule has 0 aliphatic carbocycles. The Kier molecular flexibility index (Phi) is 6.23. The lowest BCUT2D eigenvalue weighted by Crippen LogP contribution is -2.33. The summed E-state index contributed by atoms with van der Waals surface area (Å²) in [6, 6.07) is 16.2. The summed E-state index contributed by atoms with van der Waals surface area (Å²) in [6.07, 6.45) is 1.90. The van der Waals surface area contributed by atoms with Crippen LogP contribution in [0.15, 0.2) is 53.0 Å². The average molecular weight is 458 g/mol. The molecule has 110 valence electrons. The Morgan fingerprint density at radius 1 is 1.24 bits per heavy atom. The van der Waals surface area contributed by atoms with Crippen molar-refractivity contribution < 1.29 is 4.79 Å². The number of carbonyl (C=O) groups is 1. The molecular formula is C17H17BrINO. The van der Waals surface area contributed by atoms with E-state index in [4.69, 9.17) is 0 Å². The van der Waals surface area contributed by atoms with Gasteiger partial charge in [-0.15, -0.1) is 0 Å². The zero-order chi connectivity index (χ0) is 15.2. The first-order valence-electron chi connectivity index (χ1n) is 6.86. The summed E-state index contributed by atoms with van der Waals surface area (Å²) >= 11 is 5.60. The molecule has 1 amide bonds. The van der Waals surface area contributed by atoms with Crippen molar-refractivity contribution in [3.63, 3.8) is 0 Å². The molecule has 0 aromatic heterocycles. The van der Waals surface area contributed by atoms with Gasteiger partial charge in [0.25, 0.3) is 5.91 Å². The second-order valence-electron chi connectivity index (χ2n) is 5.02. The largest absolute Gasteiger partial charge is 0.350 e. The SMILES string of the molecule is CC(CCc1ccccc1)NC(=O)c1cc(Br)ccc1I. The maximum atomic E-state index is 12.3. The van der Waals surface area contributed by atoms with E-state index in [-0.39, 0.29) is 11.9 Å². The first-order valence-corrected chi connectivity index (χ1v) is 8.73. The number of carbonyl (C=O) groups excluding carboxylic acids is 1. The molecule has 1 N–H and O–H groups in total. The van der Waals surface area contributed by atoms with Crippen LogP contribution in [-0.4, -0.2) is 11.9 Å². The molecular weight excluding hydrogens is 441 g/mol. The molecule has 0 saturated carbocycles. The van der Waals surface area contributed by atoms with Gasteiger partial charge < -0.3 is 5.32 Å². The summed E-state index contributed by atoms with van der Waals surface area (Å²) in [7, 11) is 0. The van der Waals surface area contributed by atoms with Gasteiger partial charge in [-0.25, -0.2) is 0 Å². The van der Waals surface area contributed by atoms with Crippen LogP contribution in [0.5, 0.6) is 0 Å². The topological polar surface area (TPSA) is 29.1 Å². The van der Waals surface area contributed by atoms with Crippen LogP contribution in [0.1, 0.15) is 29.3 Å². The smallest absolute Gasteiger partial charge is 0.252 e. The minimum absolute atomic E-state index is 0.0127. The van der Waals surface area contributed by atoms with Gasteiger partial charge in [0.1, 0.15) is 0 Å². The Morgan fingerprint density at radius 3 is 2.67 bits per heavy atom. The lowest BCUT2D eigenvalue weighted by Gasteiger charge is -2.15. The van der Waals surface area contributed by atoms with Gasteiger partial charge in [-0.05, 0) is 66.1 Å². The Hall–Kier alpha value is -0.880. The average Bonchev–Trinajstić information content (AvgIpc) is 2.48. The molecule has 0 saturated heterocycles. The minimum atomic E-state index is -0.0127. The van der Waals surface area contributed by atoms with E-state index in [1.165, 1.54) is 5.56 Å². The summed E-state index contributed by atoms with van der Waals surface area (Å²) < 4.78 is 1.88. The van der Waals surface area contributed by atoms with Crippen LogP contribution in [0.25, 0.3) is 0 Å². The molecule has 21 heavy (non-hydrogen) atoms. The molecule has 0 spiro atoms. The van der Waals surface area contributed by atoms with Crippen molar-refractivity contribution >= 4 is 44.4 Å². The van der Waals surface area contributed by atoms with E-state index in [9.17, 15) is 4.79 Å². The predicted molar refractivity (Wildman–Crippen MR) is 98.6 cm³/mol. The second kappa shape index (κ2) is 7.94. The van der Waals surface area contributed by atoms with Crippen molar-refractivity contribution in [3.8, 4) is 0 Å². The standard InChI is InChI=1S/C17H17BrINO/c1-12(7-8-13-5-3-2-4-6-13)20-17(21)15-11-14(18)9-10-16(15)19/h2-6,9-12H,7-8H2,1H3,(H,20,21). The highest BCUT2D eigenvalue weighted by atomic mass is 127. The Bertz CT molecular complexity index is 615. The van der Waals surface area contributed by atoms with E-state index in [0.29, 0.717) is 0 Å². The fraction of sp³-hybridized carbons (Fsp3) is 0.235. The summed E-state index contributed by atoms with van der Waals surface area (Å²) in [5.41, 5.74) is 2.02. The van der Waals surface area contributed by atoms with Crippen LogP contribution in [-0.2, 0) is 6.42 Å². The Labute approximate surface area is 147 Å². The van der Waals surface area contributed by atoms with Crippen molar-refractivity contribution in [3.05, 3.63) is 67.7 Å². The molecule has 2 aromatic rings. The van der Waals surface area contributed by atoms with Crippen molar-refractivity contribution in [2.24, 2.45) is 0 Å². The van der Waals surface area contributed by atoms with Gasteiger partial charge in [0.2, 0.25) is 0 Å². The zero-order valence-electron chi connectivity index (χ0n) is 11.8. The van der Waals surface area contributed by atoms with Crippen LogP contribution in [0, 0.1) is 3.57 Å². The molecule has 2 nitrogen and oxygen atoms in total. The summed E-state index contributed by atoms with van der Waals surface area (Å²) in [4.78, 5) is 12.3. The number of halogens is 2. The number of aryl methyl sites for hydroxylation is 1. The first-order chi connectivity index (χ1) is 10.1. The molecule has 4 heteroatoms. The molecule has 0 heterocycles. The monoisotopic (exact) mass is 457 g/mol. The number of amides is 1. The van der Waals surface area contributed by atoms with E-state index < -0.39 is 0 Å². The number of benzene rings is 2. The van der Waals surface area contributed by atoms with Crippen molar-refractivity contribution in [1.82, 2.24) is 5.32 Å². The third-order valence-corrected chi connectivity index (χ3v) is 4.69. The normalized spacial score (nSPS) is 12.0. The molecule has 1 unspecified atom stereocenters. The molecule has 0 aliphatic rings. The van der Waals surface area contributed by atoms with Gasteiger partial charge in [0, 0.05) is 14.1 Å². The van der Waals surface area contributed by atoms with Gasteiger partial charge in [0.05, 0.1) is 5.56 Å². The minimum Gasteiger partial charge on any atom is -0.350 e. The van der Waals surface area contributed by atoms with Crippen LogP contribution in [0.3, 0.4) is 0 Å². The van der Waals surface area contributed by atoms with Gasteiger partial charge in [-0.2, -0.15) is 0 Å². The molecule has 1 atom stereocenters. The zero-order valence-corrected chi connectivity index (χ0v) is 15.5. The highest BCUT2D eigenvalue weighted by molar-refractivity contribution is 14.1. The highest BCUT2D eigenvalue weighted by Crippen LogP contribution is 2.18. The van der Waals surface area contributed by atoms with Crippen molar-refractivity contribution in [2.75, 3.05) is 0 Å². The highest BCUT2D eigenvalue weighted by Gasteiger charge is 2.13. The lowest BCUT2D eigenvalue weighted by molar-refractivity contribution is 0.0937. The molecule has 0 bridgehead atoms. The van der Waals surface area contributed by atoms with Crippen LogP contribution in [0.2, 0.25) is 0 Å². The fourth-order valence-electron chi connectivity index (χ4n) is 2.07. The lowest BCUT2D eigenvalue weighted by atomic mass is 10.1. The van der Waals surface area contributed by atoms with Gasteiger partial charge >= 0.3 is 0 Å². The van der Waals surface area contributed by atoms with Crippen LogP contribution in [0.4, 0.5) is 0 Å². The first kappa shape index (κ1) is 16.5. The summed E-state index contributed by atoms with van der Waals surface area (Å²) in [6.45, 7) is 2.05. The van der Waals surface area contributed by atoms with Crippen molar-refractivity contribution in [2.45, 2.75) is 25.8 Å². The van der Waals surface area contributed by atoms with E-state index >= 15 is 0 Å². The molecule has 0 fully saturated rings. The Morgan fingerprint density at radius 2 is 1.95 bits per heavy atom. The number of rotatable bonds is 5. The molecule has 2 aromatic carbocycles. The third kappa shape index (κ3) is 5.11. The van der Waals surface area contributed by atoms with Gasteiger partial charge in [-0.1, -0.05) is 46.3 Å². The van der Waals surface area contributed by atoms with Crippen LogP contribution < -0.4 is 5.32 Å². The third-order valence-electron chi connectivity index (χ3n) is 3.26. The van der Waals surface area contributed by atoms with Crippen LogP contribution >= 0.6 is 38.5 Å². The number of nitrogens with one attached hydrogen (secondary N) is 1. The van der Waals surface area contributed by atoms with E-state index in [1.807, 2.05) is 43.3 Å². The fourth-order valence-corrected chi connectivity index (χ4v) is 3.01. The quantitative estimate of drug-likeness (QED) is 0.641. The maximum absolute atomic E-state index is 12.3. The number of hydrogen-bond acceptors (Lipinski definition) is 1. The van der Waals surface area contributed by atoms with Gasteiger partial charge in [-0.3, -0.25) is 4.79 Å². The van der Waals surface area contributed by atoms with E-state index in [1.54, 1.807) is 0 Å². The van der Waals surface area contributed by atoms with E-state index in [0.717, 1.165) is 26.4 Å². The summed E-state index contributed by atoms with van der Waals surface area (Å²) in [5.74, 6) is -0.0127. The second-order valence-corrected chi connectivity index (χ2v) is 7.10. The van der Waals surface area contributed by atoms with E-state index in [2.05, 4.69) is 56.0 Å². The molecule has 0 aliphatic heterocycles. The predicted octanol–water partition coefficient (Wildman–Crippen LogP) is 4.80. The molecule has 0 radical (unpaired) electrons. The Balaban J connectivity index is 1.91. The maximum Gasteiger partial charge on any atom is 0.252 e. The van der Waals surface area contributed by atoms with Crippen molar-refractivity contribution in [1.29, 1.82) is 0 Å². The molecule has 2 rings (SSSR count). The van der Waals surface area contributed by atoms with Gasteiger partial charge in [0.15, 0.2) is 0 Å². The summed E-state index contributed by atoms with van der Waals surface area (Å²) in [5, 5.41) is 3.07. The number of hydrogen-bond donors (Lipinski definition) is 1.